The van der Waals surface area contributed by atoms with E-state index in [4.69, 9.17) is 5.73 Å². The van der Waals surface area contributed by atoms with Crippen LogP contribution < -0.4 is 5.73 Å². The second kappa shape index (κ2) is 5.56. The molecule has 1 amide bonds. The van der Waals surface area contributed by atoms with Crippen LogP contribution in [0.5, 0.6) is 0 Å². The van der Waals surface area contributed by atoms with Crippen molar-refractivity contribution in [1.82, 2.24) is 14.7 Å². The molecule has 2 aromatic rings. The Labute approximate surface area is 112 Å². The lowest BCUT2D eigenvalue weighted by Crippen LogP contribution is -2.32. The third-order valence-electron chi connectivity index (χ3n) is 3.05. The normalized spacial score (nSPS) is 10.4. The molecule has 1 aromatic carbocycles. The van der Waals surface area contributed by atoms with Crippen LogP contribution >= 0.6 is 0 Å². The Balaban J connectivity index is 2.21. The smallest absolute Gasteiger partial charge is 0.274 e. The summed E-state index contributed by atoms with van der Waals surface area (Å²) < 4.78 is 1.52. The molecule has 100 valence electrons. The highest BCUT2D eigenvalue weighted by Gasteiger charge is 2.20. The van der Waals surface area contributed by atoms with Gasteiger partial charge in [-0.3, -0.25) is 9.48 Å². The van der Waals surface area contributed by atoms with Crippen LogP contribution in [0.3, 0.4) is 0 Å². The Kier molecular flexibility index (Phi) is 3.85. The summed E-state index contributed by atoms with van der Waals surface area (Å²) in [6, 6.07) is 9.89. The van der Waals surface area contributed by atoms with Crippen LogP contribution in [0.2, 0.25) is 0 Å². The summed E-state index contributed by atoms with van der Waals surface area (Å²) in [5.41, 5.74) is 7.75. The van der Waals surface area contributed by atoms with Gasteiger partial charge in [-0.1, -0.05) is 30.3 Å². The van der Waals surface area contributed by atoms with E-state index in [9.17, 15) is 4.79 Å². The maximum Gasteiger partial charge on any atom is 0.274 e. The van der Waals surface area contributed by atoms with Crippen molar-refractivity contribution in [3.63, 3.8) is 0 Å². The van der Waals surface area contributed by atoms with Crippen LogP contribution in [0.15, 0.2) is 36.5 Å². The van der Waals surface area contributed by atoms with E-state index in [1.807, 2.05) is 37.3 Å². The van der Waals surface area contributed by atoms with Crippen molar-refractivity contribution in [2.45, 2.75) is 13.5 Å². The first-order valence-corrected chi connectivity index (χ1v) is 6.24. The highest BCUT2D eigenvalue weighted by atomic mass is 16.2. The van der Waals surface area contributed by atoms with Crippen molar-refractivity contribution in [1.29, 1.82) is 0 Å². The van der Waals surface area contributed by atoms with Gasteiger partial charge in [-0.2, -0.15) is 5.10 Å². The van der Waals surface area contributed by atoms with Gasteiger partial charge in [-0.15, -0.1) is 0 Å². The van der Waals surface area contributed by atoms with Gasteiger partial charge in [0.05, 0.1) is 11.9 Å². The van der Waals surface area contributed by atoms with Gasteiger partial charge in [-0.25, -0.2) is 0 Å². The maximum atomic E-state index is 12.5. The fourth-order valence-electron chi connectivity index (χ4n) is 2.00. The summed E-state index contributed by atoms with van der Waals surface area (Å²) in [6.45, 7) is 3.15. The zero-order valence-electron chi connectivity index (χ0n) is 11.2. The highest BCUT2D eigenvalue weighted by Crippen LogP contribution is 2.14. The highest BCUT2D eigenvalue weighted by molar-refractivity contribution is 5.97. The first-order valence-electron chi connectivity index (χ1n) is 6.24. The molecule has 0 aliphatic rings. The van der Waals surface area contributed by atoms with Crippen molar-refractivity contribution < 1.29 is 4.79 Å². The molecule has 5 nitrogen and oxygen atoms in total. The average Bonchev–Trinajstić information content (AvgIpc) is 2.76. The number of rotatable bonds is 4. The second-order valence-electron chi connectivity index (χ2n) is 4.38. The molecule has 5 heteroatoms. The lowest BCUT2D eigenvalue weighted by atomic mass is 10.2. The summed E-state index contributed by atoms with van der Waals surface area (Å²) >= 11 is 0. The number of carbonyl (C=O) groups is 1. The molecule has 0 radical (unpaired) electrons. The Bertz CT molecular complexity index is 543. The zero-order valence-corrected chi connectivity index (χ0v) is 11.2. The van der Waals surface area contributed by atoms with Crippen LogP contribution in [0.25, 0.3) is 0 Å². The Morgan fingerprint density at radius 2 is 2.05 bits per heavy atom. The van der Waals surface area contributed by atoms with E-state index in [1.54, 1.807) is 11.9 Å². The SMILES string of the molecule is CCN(Cc1ccccc1)C(=O)c1c(N)cnn1C. The summed E-state index contributed by atoms with van der Waals surface area (Å²) in [7, 11) is 1.72. The summed E-state index contributed by atoms with van der Waals surface area (Å²) in [5, 5.41) is 4.01. The molecule has 0 spiro atoms. The van der Waals surface area contributed by atoms with Crippen LogP contribution in [0.1, 0.15) is 23.0 Å². The third-order valence-corrected chi connectivity index (χ3v) is 3.05. The van der Waals surface area contributed by atoms with Gasteiger partial charge in [0, 0.05) is 20.1 Å². The van der Waals surface area contributed by atoms with Gasteiger partial charge in [-0.05, 0) is 12.5 Å². The van der Waals surface area contributed by atoms with Gasteiger partial charge in [0.15, 0.2) is 0 Å². The average molecular weight is 258 g/mol. The van der Waals surface area contributed by atoms with E-state index in [1.165, 1.54) is 10.9 Å². The molecule has 0 aliphatic heterocycles. The number of nitrogen functional groups attached to an aromatic ring is 1. The van der Waals surface area contributed by atoms with E-state index in [-0.39, 0.29) is 5.91 Å². The first-order chi connectivity index (χ1) is 9.13. The van der Waals surface area contributed by atoms with E-state index in [2.05, 4.69) is 5.10 Å². The minimum Gasteiger partial charge on any atom is -0.396 e. The molecule has 2 rings (SSSR count). The molecule has 1 heterocycles. The van der Waals surface area contributed by atoms with Gasteiger partial charge in [0.25, 0.3) is 5.91 Å². The van der Waals surface area contributed by atoms with Gasteiger partial charge in [0.1, 0.15) is 5.69 Å². The van der Waals surface area contributed by atoms with Crippen molar-refractivity contribution in [2.24, 2.45) is 7.05 Å². The lowest BCUT2D eigenvalue weighted by Gasteiger charge is -2.21. The lowest BCUT2D eigenvalue weighted by molar-refractivity contribution is 0.0742. The number of anilines is 1. The topological polar surface area (TPSA) is 64.2 Å². The Hall–Kier alpha value is -2.30. The van der Waals surface area contributed by atoms with Gasteiger partial charge >= 0.3 is 0 Å². The third kappa shape index (κ3) is 2.76. The molecule has 2 N–H and O–H groups in total. The Morgan fingerprint density at radius 3 is 2.58 bits per heavy atom. The molecular weight excluding hydrogens is 240 g/mol. The fraction of sp³-hybridized carbons (Fsp3) is 0.286. The molecule has 0 fully saturated rings. The number of amides is 1. The van der Waals surface area contributed by atoms with Crippen molar-refractivity contribution in [3.8, 4) is 0 Å². The first kappa shape index (κ1) is 13.1. The summed E-state index contributed by atoms with van der Waals surface area (Å²) in [5.74, 6) is -0.0937. The number of hydrogen-bond donors (Lipinski definition) is 1. The van der Waals surface area contributed by atoms with Crippen LogP contribution in [0, 0.1) is 0 Å². The maximum absolute atomic E-state index is 12.5. The Morgan fingerprint density at radius 1 is 1.37 bits per heavy atom. The molecule has 1 aromatic heterocycles. The molecule has 0 saturated heterocycles. The fourth-order valence-corrected chi connectivity index (χ4v) is 2.00. The predicted molar refractivity (Wildman–Crippen MR) is 74.5 cm³/mol. The monoisotopic (exact) mass is 258 g/mol. The van der Waals surface area contributed by atoms with E-state index in [0.29, 0.717) is 24.5 Å². The van der Waals surface area contributed by atoms with Crippen LogP contribution in [-0.4, -0.2) is 27.1 Å². The molecule has 0 saturated carbocycles. The number of aryl methyl sites for hydroxylation is 1. The van der Waals surface area contributed by atoms with Crippen molar-refractivity contribution >= 4 is 11.6 Å². The standard InChI is InChI=1S/C14H18N4O/c1-3-18(10-11-7-5-4-6-8-11)14(19)13-12(15)9-16-17(13)2/h4-9H,3,10,15H2,1-2H3. The number of aromatic nitrogens is 2. The van der Waals surface area contributed by atoms with Crippen molar-refractivity contribution in [3.05, 3.63) is 47.8 Å². The molecule has 0 atom stereocenters. The van der Waals surface area contributed by atoms with E-state index < -0.39 is 0 Å². The number of hydrogen-bond acceptors (Lipinski definition) is 3. The molecular formula is C14H18N4O. The zero-order chi connectivity index (χ0) is 13.8. The van der Waals surface area contributed by atoms with E-state index >= 15 is 0 Å². The largest absolute Gasteiger partial charge is 0.396 e. The quantitative estimate of drug-likeness (QED) is 0.907. The molecule has 19 heavy (non-hydrogen) atoms. The second-order valence-corrected chi connectivity index (χ2v) is 4.38. The molecule has 0 aliphatic carbocycles. The number of nitrogens with zero attached hydrogens (tertiary/aromatic N) is 3. The van der Waals surface area contributed by atoms with Crippen LogP contribution in [0.4, 0.5) is 5.69 Å². The number of benzene rings is 1. The van der Waals surface area contributed by atoms with Crippen LogP contribution in [-0.2, 0) is 13.6 Å². The molecule has 0 bridgehead atoms. The number of nitrogens with two attached hydrogens (primary N) is 1. The van der Waals surface area contributed by atoms with E-state index in [0.717, 1.165) is 5.56 Å². The summed E-state index contributed by atoms with van der Waals surface area (Å²) in [4.78, 5) is 14.2. The van der Waals surface area contributed by atoms with Gasteiger partial charge < -0.3 is 10.6 Å². The number of carbonyl (C=O) groups excluding carboxylic acids is 1. The minimum atomic E-state index is -0.0937. The van der Waals surface area contributed by atoms with Crippen molar-refractivity contribution in [2.75, 3.05) is 12.3 Å². The summed E-state index contributed by atoms with van der Waals surface area (Å²) in [6.07, 6.45) is 1.50. The van der Waals surface area contributed by atoms with Gasteiger partial charge in [0.2, 0.25) is 0 Å². The molecule has 0 unspecified atom stereocenters. The predicted octanol–water partition coefficient (Wildman–Crippen LogP) is 1.66. The minimum absolute atomic E-state index is 0.0937.